The van der Waals surface area contributed by atoms with E-state index in [1.807, 2.05) is 6.07 Å². The van der Waals surface area contributed by atoms with Crippen molar-refractivity contribution in [3.8, 4) is 0 Å². The van der Waals surface area contributed by atoms with Crippen molar-refractivity contribution in [3.05, 3.63) is 89.2 Å². The molecule has 2 amide bonds. The fourth-order valence-corrected chi connectivity index (χ4v) is 3.33. The van der Waals surface area contributed by atoms with Gasteiger partial charge in [0.15, 0.2) is 0 Å². The summed E-state index contributed by atoms with van der Waals surface area (Å²) < 4.78 is 13.0. The largest absolute Gasteiger partial charge is 0.325 e. The molecule has 0 unspecified atom stereocenters. The first kappa shape index (κ1) is 19.9. The van der Waals surface area contributed by atoms with Crippen molar-refractivity contribution in [1.82, 2.24) is 0 Å². The SMILES string of the molecule is O=C(CSc1cccc(NC(=O)c2ccc(F)cc2)c1)Nc1cccc(Cl)c1. The summed E-state index contributed by atoms with van der Waals surface area (Å²) in [5, 5.41) is 6.09. The van der Waals surface area contributed by atoms with E-state index in [9.17, 15) is 14.0 Å². The third kappa shape index (κ3) is 5.84. The van der Waals surface area contributed by atoms with E-state index in [0.717, 1.165) is 4.90 Å². The number of hydrogen-bond donors (Lipinski definition) is 2. The third-order valence-corrected chi connectivity index (χ3v) is 4.91. The molecule has 0 aliphatic rings. The molecule has 0 spiro atoms. The highest BCUT2D eigenvalue weighted by Crippen LogP contribution is 2.23. The van der Waals surface area contributed by atoms with E-state index in [1.165, 1.54) is 36.0 Å². The van der Waals surface area contributed by atoms with Gasteiger partial charge in [0.25, 0.3) is 5.91 Å². The van der Waals surface area contributed by atoms with Crippen LogP contribution < -0.4 is 10.6 Å². The summed E-state index contributed by atoms with van der Waals surface area (Å²) in [5.74, 6) is -0.679. The number of hydrogen-bond acceptors (Lipinski definition) is 3. The Bertz CT molecular complexity index is 996. The first-order chi connectivity index (χ1) is 13.5. The monoisotopic (exact) mass is 414 g/mol. The van der Waals surface area contributed by atoms with Gasteiger partial charge in [0.1, 0.15) is 5.82 Å². The van der Waals surface area contributed by atoms with Crippen LogP contribution >= 0.6 is 23.4 Å². The van der Waals surface area contributed by atoms with E-state index < -0.39 is 5.82 Å². The number of halogens is 2. The zero-order valence-corrected chi connectivity index (χ0v) is 16.2. The zero-order chi connectivity index (χ0) is 19.9. The highest BCUT2D eigenvalue weighted by Gasteiger charge is 2.08. The topological polar surface area (TPSA) is 58.2 Å². The number of nitrogens with one attached hydrogen (secondary N) is 2. The lowest BCUT2D eigenvalue weighted by Crippen LogP contribution is -2.14. The minimum absolute atomic E-state index is 0.159. The Kier molecular flexibility index (Phi) is 6.68. The Morgan fingerprint density at radius 2 is 1.57 bits per heavy atom. The minimum Gasteiger partial charge on any atom is -0.325 e. The van der Waals surface area contributed by atoms with E-state index in [0.29, 0.717) is 22.0 Å². The third-order valence-electron chi connectivity index (χ3n) is 3.68. The van der Waals surface area contributed by atoms with Gasteiger partial charge in [0.2, 0.25) is 5.91 Å². The summed E-state index contributed by atoms with van der Waals surface area (Å²) in [7, 11) is 0. The smallest absolute Gasteiger partial charge is 0.255 e. The van der Waals surface area contributed by atoms with Crippen molar-refractivity contribution in [1.29, 1.82) is 0 Å². The number of amides is 2. The van der Waals surface area contributed by atoms with Crippen LogP contribution in [0.25, 0.3) is 0 Å². The maximum Gasteiger partial charge on any atom is 0.255 e. The molecule has 0 heterocycles. The highest BCUT2D eigenvalue weighted by molar-refractivity contribution is 8.00. The van der Waals surface area contributed by atoms with Crippen LogP contribution in [0.5, 0.6) is 0 Å². The first-order valence-corrected chi connectivity index (χ1v) is 9.71. The van der Waals surface area contributed by atoms with Crippen LogP contribution in [0.1, 0.15) is 10.4 Å². The number of carbonyl (C=O) groups excluding carboxylic acids is 2. The summed E-state index contributed by atoms with van der Waals surface area (Å²) >= 11 is 7.25. The summed E-state index contributed by atoms with van der Waals surface area (Å²) in [6.07, 6.45) is 0. The molecule has 142 valence electrons. The molecule has 0 aliphatic carbocycles. The van der Waals surface area contributed by atoms with Crippen molar-refractivity contribution in [3.63, 3.8) is 0 Å². The van der Waals surface area contributed by atoms with Crippen LogP contribution in [-0.4, -0.2) is 17.6 Å². The van der Waals surface area contributed by atoms with Gasteiger partial charge in [-0.25, -0.2) is 4.39 Å². The van der Waals surface area contributed by atoms with Crippen LogP contribution in [-0.2, 0) is 4.79 Å². The fourth-order valence-electron chi connectivity index (χ4n) is 2.38. The lowest BCUT2D eigenvalue weighted by Gasteiger charge is -2.08. The number of benzene rings is 3. The molecule has 28 heavy (non-hydrogen) atoms. The molecule has 0 saturated carbocycles. The second-order valence-electron chi connectivity index (χ2n) is 5.84. The van der Waals surface area contributed by atoms with E-state index in [1.54, 1.807) is 42.5 Å². The van der Waals surface area contributed by atoms with Gasteiger partial charge in [0.05, 0.1) is 5.75 Å². The standard InChI is InChI=1S/C21H16ClFN2O2S/c22-15-3-1-4-17(11-15)24-20(26)13-28-19-6-2-5-18(12-19)25-21(27)14-7-9-16(23)10-8-14/h1-12H,13H2,(H,24,26)(H,25,27). The number of anilines is 2. The Morgan fingerprint density at radius 1 is 0.893 bits per heavy atom. The normalized spacial score (nSPS) is 10.4. The molecule has 0 atom stereocenters. The van der Waals surface area contributed by atoms with Crippen LogP contribution in [0, 0.1) is 5.82 Å². The Labute approximate surface area is 171 Å². The quantitative estimate of drug-likeness (QED) is 0.526. The average molecular weight is 415 g/mol. The molecule has 0 saturated heterocycles. The molecule has 0 fully saturated rings. The van der Waals surface area contributed by atoms with Gasteiger partial charge < -0.3 is 10.6 Å². The van der Waals surface area contributed by atoms with E-state index >= 15 is 0 Å². The molecular weight excluding hydrogens is 399 g/mol. The number of rotatable bonds is 6. The molecular formula is C21H16ClFN2O2S. The maximum absolute atomic E-state index is 13.0. The van der Waals surface area contributed by atoms with Crippen molar-refractivity contribution in [2.45, 2.75) is 4.90 Å². The van der Waals surface area contributed by atoms with Crippen LogP contribution in [0.15, 0.2) is 77.7 Å². The molecule has 7 heteroatoms. The summed E-state index contributed by atoms with van der Waals surface area (Å²) in [6, 6.07) is 19.4. The second-order valence-corrected chi connectivity index (χ2v) is 7.32. The second kappa shape index (κ2) is 9.39. The minimum atomic E-state index is -0.397. The van der Waals surface area contributed by atoms with Crippen molar-refractivity contribution in [2.75, 3.05) is 16.4 Å². The van der Waals surface area contributed by atoms with Gasteiger partial charge in [-0.1, -0.05) is 23.7 Å². The molecule has 4 nitrogen and oxygen atoms in total. The van der Waals surface area contributed by atoms with Gasteiger partial charge in [-0.15, -0.1) is 11.8 Å². The summed E-state index contributed by atoms with van der Waals surface area (Å²) in [6.45, 7) is 0. The molecule has 0 radical (unpaired) electrons. The summed E-state index contributed by atoms with van der Waals surface area (Å²) in [5.41, 5.74) is 1.59. The number of carbonyl (C=O) groups is 2. The van der Waals surface area contributed by atoms with Crippen LogP contribution in [0.2, 0.25) is 5.02 Å². The van der Waals surface area contributed by atoms with Crippen molar-refractivity contribution < 1.29 is 14.0 Å². The zero-order valence-electron chi connectivity index (χ0n) is 14.6. The molecule has 2 N–H and O–H groups in total. The predicted octanol–water partition coefficient (Wildman–Crippen LogP) is 5.46. The Balaban J connectivity index is 1.56. The lowest BCUT2D eigenvalue weighted by molar-refractivity contribution is -0.113. The first-order valence-electron chi connectivity index (χ1n) is 8.35. The highest BCUT2D eigenvalue weighted by atomic mass is 35.5. The van der Waals surface area contributed by atoms with Crippen molar-refractivity contribution in [2.24, 2.45) is 0 Å². The molecule has 0 aliphatic heterocycles. The molecule has 3 aromatic carbocycles. The Hall–Kier alpha value is -2.83. The predicted molar refractivity (Wildman–Crippen MR) is 112 cm³/mol. The van der Waals surface area contributed by atoms with Crippen LogP contribution in [0.4, 0.5) is 15.8 Å². The van der Waals surface area contributed by atoms with E-state index in [4.69, 9.17) is 11.6 Å². The Morgan fingerprint density at radius 3 is 2.29 bits per heavy atom. The average Bonchev–Trinajstić information content (AvgIpc) is 2.67. The summed E-state index contributed by atoms with van der Waals surface area (Å²) in [4.78, 5) is 25.1. The van der Waals surface area contributed by atoms with Gasteiger partial charge in [-0.05, 0) is 60.7 Å². The number of thioether (sulfide) groups is 1. The van der Waals surface area contributed by atoms with Gasteiger partial charge in [0, 0.05) is 26.9 Å². The molecule has 3 rings (SSSR count). The maximum atomic E-state index is 13.0. The van der Waals surface area contributed by atoms with Crippen molar-refractivity contribution >= 4 is 46.6 Å². The van der Waals surface area contributed by atoms with E-state index in [-0.39, 0.29) is 17.6 Å². The van der Waals surface area contributed by atoms with Gasteiger partial charge >= 0.3 is 0 Å². The molecule has 0 aromatic heterocycles. The van der Waals surface area contributed by atoms with Gasteiger partial charge in [-0.3, -0.25) is 9.59 Å². The fraction of sp³-hybridized carbons (Fsp3) is 0.0476. The van der Waals surface area contributed by atoms with Crippen LogP contribution in [0.3, 0.4) is 0 Å². The van der Waals surface area contributed by atoms with Gasteiger partial charge in [-0.2, -0.15) is 0 Å². The molecule has 3 aromatic rings. The lowest BCUT2D eigenvalue weighted by atomic mass is 10.2. The van der Waals surface area contributed by atoms with E-state index in [2.05, 4.69) is 10.6 Å². The molecule has 0 bridgehead atoms.